The van der Waals surface area contributed by atoms with E-state index in [0.717, 1.165) is 0 Å². The summed E-state index contributed by atoms with van der Waals surface area (Å²) < 4.78 is 7.01. The Labute approximate surface area is 287 Å². The molecule has 2 aromatic rings. The summed E-state index contributed by atoms with van der Waals surface area (Å²) in [5.74, 6) is 2.20. The predicted molar refractivity (Wildman–Crippen MR) is 204 cm³/mol. The third-order valence-corrected chi connectivity index (χ3v) is 35.9. The van der Waals surface area contributed by atoms with Gasteiger partial charge >= 0.3 is 264 Å². The zero-order valence-corrected chi connectivity index (χ0v) is 36.8. The molecule has 0 spiro atoms. The van der Waals surface area contributed by atoms with E-state index in [9.17, 15) is 0 Å². The number of allylic oxidation sites excluding steroid dienone is 2. The number of hydrogen-bond donors (Lipinski definition) is 0. The standard InChI is InChI=1S/2C19H27.2CH3.2ClH.Hf.H2Si/c2*1-6-7-8-15-9-17-11-16(13(2)3)12-18(14(4)5)19(17)10-15;;;;;;/h2*9-14H,6-8H2,1-5H3;2*1H3;2*1H;;1H2. The van der Waals surface area contributed by atoms with Gasteiger partial charge in [0.05, 0.1) is 0 Å². The number of halogens is 2. The largest absolute Gasteiger partial charge is 0.147 e. The van der Waals surface area contributed by atoms with Crippen LogP contribution in [0.1, 0.15) is 183 Å². The average molecular weight is 822 g/mol. The van der Waals surface area contributed by atoms with Crippen LogP contribution in [0.4, 0.5) is 0 Å². The van der Waals surface area contributed by atoms with Gasteiger partial charge in [-0.15, -0.1) is 24.8 Å². The molecule has 0 nitrogen and oxygen atoms in total. The monoisotopic (exact) mass is 822 g/mol. The van der Waals surface area contributed by atoms with E-state index in [2.05, 4.69) is 122 Å². The predicted octanol–water partition coefficient (Wildman–Crippen LogP) is 13.3. The van der Waals surface area contributed by atoms with Crippen molar-refractivity contribution in [1.29, 1.82) is 0 Å². The van der Waals surface area contributed by atoms with Crippen LogP contribution in [-0.4, -0.2) is 6.94 Å². The average Bonchev–Trinajstić information content (AvgIpc) is 3.48. The van der Waals surface area contributed by atoms with Crippen LogP contribution in [0.5, 0.6) is 0 Å². The zero-order chi connectivity index (χ0) is 31.2. The molecule has 0 saturated carbocycles. The molecular formula is C40H64Cl2HfSi. The summed E-state index contributed by atoms with van der Waals surface area (Å²) >= 11 is -3.80. The van der Waals surface area contributed by atoms with Crippen LogP contribution in [0.25, 0.3) is 12.2 Å². The Balaban J connectivity index is 0.00000337. The molecule has 2 aliphatic carbocycles. The molecule has 0 N–H and O–H groups in total. The quantitative estimate of drug-likeness (QED) is 0.187. The maximum atomic E-state index is 2.88. The third-order valence-electron chi connectivity index (χ3n) is 10.7. The Bertz CT molecular complexity index is 1350. The zero-order valence-electron chi connectivity index (χ0n) is 30.2. The molecule has 0 saturated heterocycles. The Morgan fingerprint density at radius 1 is 0.591 bits per heavy atom. The summed E-state index contributed by atoms with van der Waals surface area (Å²) in [5.41, 5.74) is 16.4. The number of rotatable bonds is 12. The molecule has 44 heavy (non-hydrogen) atoms. The summed E-state index contributed by atoms with van der Waals surface area (Å²) in [7, 11) is 0. The number of benzene rings is 2. The van der Waals surface area contributed by atoms with E-state index < -0.39 is 17.1 Å². The van der Waals surface area contributed by atoms with Crippen LogP contribution < -0.4 is 0 Å². The molecule has 2 aliphatic rings. The summed E-state index contributed by atoms with van der Waals surface area (Å²) in [6, 6.07) is 10.5. The van der Waals surface area contributed by atoms with Gasteiger partial charge in [0.2, 0.25) is 0 Å². The minimum atomic E-state index is -3.80. The van der Waals surface area contributed by atoms with Gasteiger partial charge in [-0.3, -0.25) is 0 Å². The molecule has 2 unspecified atom stereocenters. The van der Waals surface area contributed by atoms with Crippen LogP contribution in [0, 0.1) is 0 Å². The van der Waals surface area contributed by atoms with Crippen molar-refractivity contribution in [2.24, 2.45) is 0 Å². The number of hydrogen-bond acceptors (Lipinski definition) is 0. The minimum Gasteiger partial charge on any atom is -0.147 e. The van der Waals surface area contributed by atoms with Crippen molar-refractivity contribution >= 4 is 43.9 Å². The molecule has 0 heterocycles. The molecular weight excluding hydrogens is 758 g/mol. The Kier molecular flexibility index (Phi) is 13.7. The van der Waals surface area contributed by atoms with Crippen molar-refractivity contribution in [1.82, 2.24) is 0 Å². The molecule has 0 aliphatic heterocycles. The van der Waals surface area contributed by atoms with Crippen molar-refractivity contribution < 1.29 is 17.1 Å². The Hall–Kier alpha value is -0.413. The van der Waals surface area contributed by atoms with E-state index in [1.54, 1.807) is 55.7 Å². The molecule has 2 aromatic carbocycles. The first-order chi connectivity index (χ1) is 19.6. The second-order valence-electron chi connectivity index (χ2n) is 16.3. The molecule has 4 heteroatoms. The molecule has 246 valence electrons. The second kappa shape index (κ2) is 15.2. The normalized spacial score (nSPS) is 17.9. The van der Waals surface area contributed by atoms with Gasteiger partial charge in [-0.1, -0.05) is 0 Å². The van der Waals surface area contributed by atoms with Gasteiger partial charge in [0.25, 0.3) is 0 Å². The van der Waals surface area contributed by atoms with Gasteiger partial charge in [-0.05, 0) is 0 Å². The van der Waals surface area contributed by atoms with E-state index in [0.29, 0.717) is 31.0 Å². The first kappa shape index (κ1) is 39.8. The van der Waals surface area contributed by atoms with Crippen LogP contribution in [0.2, 0.25) is 9.36 Å². The van der Waals surface area contributed by atoms with Gasteiger partial charge < -0.3 is 0 Å². The molecule has 0 aromatic heterocycles. The van der Waals surface area contributed by atoms with Crippen LogP contribution in [0.3, 0.4) is 0 Å². The van der Waals surface area contributed by atoms with Gasteiger partial charge in [-0.25, -0.2) is 0 Å². The summed E-state index contributed by atoms with van der Waals surface area (Å²) in [5, 5.41) is 0. The van der Waals surface area contributed by atoms with E-state index in [-0.39, 0.29) is 24.8 Å². The number of unbranched alkanes of at least 4 members (excludes halogenated alkanes) is 2. The summed E-state index contributed by atoms with van der Waals surface area (Å²) in [6.45, 7) is 26.5. The molecule has 0 amide bonds. The van der Waals surface area contributed by atoms with Crippen molar-refractivity contribution in [3.63, 3.8) is 0 Å². The molecule has 0 fully saturated rings. The van der Waals surface area contributed by atoms with Gasteiger partial charge in [0.15, 0.2) is 0 Å². The van der Waals surface area contributed by atoms with Gasteiger partial charge in [-0.2, -0.15) is 0 Å². The molecule has 2 atom stereocenters. The number of fused-ring (bicyclic) bond motifs is 2. The fourth-order valence-electron chi connectivity index (χ4n) is 8.42. The maximum absolute atomic E-state index is 3.80. The van der Waals surface area contributed by atoms with E-state index in [4.69, 9.17) is 0 Å². The summed E-state index contributed by atoms with van der Waals surface area (Å²) in [4.78, 5) is 0. The Morgan fingerprint density at radius 3 is 1.20 bits per heavy atom. The molecule has 4 rings (SSSR count). The summed E-state index contributed by atoms with van der Waals surface area (Å²) in [6.07, 6.45) is 13.1. The second-order valence-corrected chi connectivity index (χ2v) is 59.8. The van der Waals surface area contributed by atoms with Gasteiger partial charge in [0, 0.05) is 0 Å². The maximum Gasteiger partial charge on any atom is -0.147 e. The SMILES string of the molecule is CCCCC1=Cc2c(C(C)C)cc(C(C)C)cc2[CH]1[Hf]([CH3])([CH3])(=[SiH2])[CH]1C(CCCC)=Cc2c(C(C)C)cc(C(C)C)cc21.Cl.Cl. The van der Waals surface area contributed by atoms with E-state index in [1.165, 1.54) is 38.5 Å². The fraction of sp³-hybridized carbons (Fsp3) is 0.600. The first-order valence-electron chi connectivity index (χ1n) is 17.4. The minimum absolute atomic E-state index is 0. The molecule has 0 bridgehead atoms. The van der Waals surface area contributed by atoms with Crippen molar-refractivity contribution in [3.8, 4) is 0 Å². The van der Waals surface area contributed by atoms with Crippen LogP contribution in [-0.2, 0) is 17.1 Å². The van der Waals surface area contributed by atoms with Crippen molar-refractivity contribution in [2.75, 3.05) is 0 Å². The van der Waals surface area contributed by atoms with E-state index >= 15 is 0 Å². The topological polar surface area (TPSA) is 0 Å². The van der Waals surface area contributed by atoms with Crippen LogP contribution in [0.15, 0.2) is 35.4 Å². The Morgan fingerprint density at radius 2 is 0.932 bits per heavy atom. The smallest absolute Gasteiger partial charge is 0.147 e. The van der Waals surface area contributed by atoms with Crippen LogP contribution >= 0.6 is 24.8 Å². The molecule has 0 radical (unpaired) electrons. The van der Waals surface area contributed by atoms with Crippen molar-refractivity contribution in [3.05, 3.63) is 79.9 Å². The van der Waals surface area contributed by atoms with E-state index in [1.807, 2.05) is 0 Å². The van der Waals surface area contributed by atoms with Gasteiger partial charge in [0.1, 0.15) is 0 Å². The fourth-order valence-corrected chi connectivity index (χ4v) is 36.9. The first-order valence-corrected chi connectivity index (χ1v) is 37.1. The third kappa shape index (κ3) is 7.50. The van der Waals surface area contributed by atoms with Crippen molar-refractivity contribution in [2.45, 2.75) is 148 Å².